The molecule has 0 aliphatic rings. The number of esters is 2. The summed E-state index contributed by atoms with van der Waals surface area (Å²) < 4.78 is 17.3. The maximum atomic E-state index is 12.8. The normalized spacial score (nSPS) is 14.0. The van der Waals surface area contributed by atoms with Gasteiger partial charge in [0.05, 0.1) is 34.4 Å². The lowest BCUT2D eigenvalue weighted by Crippen LogP contribution is -2.50. The van der Waals surface area contributed by atoms with Gasteiger partial charge in [-0.3, -0.25) is 9.59 Å². The minimum Gasteiger partial charge on any atom is -0.477 e. The monoisotopic (exact) mass is 889 g/mol. The van der Waals surface area contributed by atoms with Crippen LogP contribution in [0.2, 0.25) is 0 Å². The van der Waals surface area contributed by atoms with Crippen molar-refractivity contribution < 1.29 is 38.2 Å². The van der Waals surface area contributed by atoms with E-state index in [4.69, 9.17) is 14.2 Å². The maximum Gasteiger partial charge on any atom is 0.362 e. The molecule has 0 aromatic rings. The van der Waals surface area contributed by atoms with Crippen molar-refractivity contribution in [1.82, 2.24) is 0 Å². The van der Waals surface area contributed by atoms with Crippen molar-refractivity contribution in [2.24, 2.45) is 0 Å². The van der Waals surface area contributed by atoms with Gasteiger partial charge in [-0.15, -0.1) is 0 Å². The highest BCUT2D eigenvalue weighted by atomic mass is 16.6. The summed E-state index contributed by atoms with van der Waals surface area (Å²) in [5.74, 6) is -1.57. The molecule has 2 atom stereocenters. The molecule has 2 unspecified atom stereocenters. The van der Waals surface area contributed by atoms with Crippen molar-refractivity contribution in [1.29, 1.82) is 0 Å². The van der Waals surface area contributed by atoms with E-state index in [9.17, 15) is 19.5 Å². The molecule has 0 saturated heterocycles. The molecule has 0 aliphatic heterocycles. The highest BCUT2D eigenvalue weighted by Gasteiger charge is 2.31. The molecule has 0 saturated carbocycles. The van der Waals surface area contributed by atoms with Crippen LogP contribution in [0.3, 0.4) is 0 Å². The van der Waals surface area contributed by atoms with Gasteiger partial charge in [0.1, 0.15) is 6.61 Å². The molecule has 0 bridgehead atoms. The third kappa shape index (κ3) is 43.0. The van der Waals surface area contributed by atoms with Crippen molar-refractivity contribution in [3.8, 4) is 0 Å². The zero-order valence-corrected chi connectivity index (χ0v) is 40.9. The van der Waals surface area contributed by atoms with Crippen LogP contribution in [0, 0.1) is 0 Å². The summed E-state index contributed by atoms with van der Waals surface area (Å²) in [5, 5.41) is 9.65. The summed E-state index contributed by atoms with van der Waals surface area (Å²) in [6.45, 7) is 4.42. The maximum absolute atomic E-state index is 12.8. The summed E-state index contributed by atoms with van der Waals surface area (Å²) in [4.78, 5) is 37.1. The van der Waals surface area contributed by atoms with Gasteiger partial charge in [0.2, 0.25) is 0 Å². The molecule has 0 amide bonds. The number of likely N-dealkylation sites (N-methyl/N-ethyl adjacent to an activating group) is 1. The van der Waals surface area contributed by atoms with E-state index in [0.29, 0.717) is 19.3 Å². The molecule has 360 valence electrons. The predicted molar refractivity (Wildman–Crippen MR) is 270 cm³/mol. The zero-order chi connectivity index (χ0) is 47.0. The Balaban J connectivity index is 4.40. The lowest BCUT2D eigenvalue weighted by atomic mass is 10.1. The second kappa shape index (κ2) is 45.3. The SMILES string of the molecule is CC/C=C/C/C=C/C/C=C/C/C=C/C/C=C/CCCCCCCCCC(=O)OC(COCCC(C(=O)O)[N+](C)(C)C)COC(=O)CCC/C=C/C/C=C/C/C=C/C/C=C/C/C=C/CC. The number of carbonyl (C=O) groups excluding carboxylic acids is 2. The Morgan fingerprint density at radius 2 is 0.844 bits per heavy atom. The number of carboxylic acid groups (broad SMARTS) is 1. The van der Waals surface area contributed by atoms with Crippen molar-refractivity contribution in [2.45, 2.75) is 174 Å². The minimum atomic E-state index is -0.890. The van der Waals surface area contributed by atoms with E-state index in [1.165, 1.54) is 19.3 Å². The quantitative estimate of drug-likeness (QED) is 0.0282. The highest BCUT2D eigenvalue weighted by molar-refractivity contribution is 5.72. The van der Waals surface area contributed by atoms with Gasteiger partial charge >= 0.3 is 17.9 Å². The van der Waals surface area contributed by atoms with Gasteiger partial charge in [0.15, 0.2) is 12.1 Å². The first-order valence-corrected chi connectivity index (χ1v) is 24.6. The smallest absolute Gasteiger partial charge is 0.362 e. The van der Waals surface area contributed by atoms with Crippen molar-refractivity contribution >= 4 is 17.9 Å². The summed E-state index contributed by atoms with van der Waals surface area (Å²) in [6, 6.07) is -0.634. The number of carboxylic acids is 1. The fourth-order valence-corrected chi connectivity index (χ4v) is 6.39. The van der Waals surface area contributed by atoms with Crippen LogP contribution in [0.4, 0.5) is 0 Å². The Hall–Kier alpha value is -4.27. The van der Waals surface area contributed by atoms with Gasteiger partial charge in [0.25, 0.3) is 0 Å². The number of rotatable bonds is 42. The van der Waals surface area contributed by atoms with Crippen LogP contribution in [0.1, 0.15) is 162 Å². The lowest BCUT2D eigenvalue weighted by molar-refractivity contribution is -0.887. The lowest BCUT2D eigenvalue weighted by Gasteiger charge is -2.31. The van der Waals surface area contributed by atoms with Crippen molar-refractivity contribution in [3.63, 3.8) is 0 Å². The van der Waals surface area contributed by atoms with Crippen molar-refractivity contribution in [2.75, 3.05) is 41.0 Å². The van der Waals surface area contributed by atoms with E-state index >= 15 is 0 Å². The Morgan fingerprint density at radius 3 is 1.27 bits per heavy atom. The van der Waals surface area contributed by atoms with Gasteiger partial charge in [0, 0.05) is 19.3 Å². The zero-order valence-electron chi connectivity index (χ0n) is 40.9. The Morgan fingerprint density at radius 1 is 0.469 bits per heavy atom. The highest BCUT2D eigenvalue weighted by Crippen LogP contribution is 2.13. The molecule has 0 aromatic carbocycles. The van der Waals surface area contributed by atoms with Crippen LogP contribution in [0.5, 0.6) is 0 Å². The number of hydrogen-bond donors (Lipinski definition) is 1. The molecule has 0 heterocycles. The molecular formula is C56H90NO7+. The first-order valence-electron chi connectivity index (χ1n) is 24.6. The second-order valence-electron chi connectivity index (χ2n) is 17.0. The molecule has 64 heavy (non-hydrogen) atoms. The van der Waals surface area contributed by atoms with Crippen molar-refractivity contribution in [3.05, 3.63) is 122 Å². The predicted octanol–water partition coefficient (Wildman–Crippen LogP) is 14.2. The number of carbonyl (C=O) groups is 3. The molecule has 0 radical (unpaired) electrons. The van der Waals surface area contributed by atoms with Crippen LogP contribution < -0.4 is 0 Å². The molecular weight excluding hydrogens is 799 g/mol. The van der Waals surface area contributed by atoms with Crippen LogP contribution in [-0.4, -0.2) is 80.6 Å². The number of hydrogen-bond acceptors (Lipinski definition) is 6. The first kappa shape index (κ1) is 59.7. The minimum absolute atomic E-state index is 0.0299. The third-order valence-corrected chi connectivity index (χ3v) is 10.1. The Kier molecular flexibility index (Phi) is 42.3. The molecule has 0 fully saturated rings. The van der Waals surface area contributed by atoms with Crippen LogP contribution >= 0.6 is 0 Å². The number of aliphatic carboxylic acids is 1. The van der Waals surface area contributed by atoms with E-state index in [-0.39, 0.29) is 42.7 Å². The Bertz CT molecular complexity index is 1450. The van der Waals surface area contributed by atoms with Crippen LogP contribution in [0.15, 0.2) is 122 Å². The van der Waals surface area contributed by atoms with Crippen LogP contribution in [0.25, 0.3) is 0 Å². The number of quaternary nitrogens is 1. The molecule has 0 aliphatic carbocycles. The molecule has 0 aromatic heterocycles. The molecule has 0 rings (SSSR count). The fraction of sp³-hybridized carbons (Fsp3) is 0.589. The first-order chi connectivity index (χ1) is 31.1. The molecule has 1 N–H and O–H groups in total. The largest absolute Gasteiger partial charge is 0.477 e. The topological polar surface area (TPSA) is 99.1 Å². The van der Waals surface area contributed by atoms with Gasteiger partial charge in [-0.1, -0.05) is 167 Å². The van der Waals surface area contributed by atoms with E-state index in [1.54, 1.807) is 0 Å². The number of ether oxygens (including phenoxy) is 3. The second-order valence-corrected chi connectivity index (χ2v) is 17.0. The molecule has 8 heteroatoms. The Labute approximate surface area is 391 Å². The van der Waals surface area contributed by atoms with E-state index in [0.717, 1.165) is 103 Å². The van der Waals surface area contributed by atoms with Gasteiger partial charge in [-0.2, -0.15) is 0 Å². The van der Waals surface area contributed by atoms with E-state index < -0.39 is 18.1 Å². The average Bonchev–Trinajstić information content (AvgIpc) is 3.26. The molecule has 0 spiro atoms. The van der Waals surface area contributed by atoms with E-state index in [1.807, 2.05) is 21.1 Å². The summed E-state index contributed by atoms with van der Waals surface area (Å²) >= 11 is 0. The standard InChI is InChI=1S/C56H89NO7/c1-6-8-10-12-14-16-18-20-22-24-25-26-27-28-29-31-33-35-37-39-41-43-45-47-55(59)64-52(50-62-49-48-53(56(60)61)57(3,4)5)51-63-54(58)46-44-42-40-38-36-34-32-30-23-21-19-17-15-13-11-9-7-2/h8-11,14-17,20-23,25-26,28-29,32,34,38,40,52-53H,6-7,12-13,18-19,24,27,30-31,33,35-37,39,41-51H2,1-5H3/p+1/b10-8+,11-9+,16-14+,17-15+,22-20+,23-21+,26-25+,29-28+,34-32+,40-38+. The summed E-state index contributed by atoms with van der Waals surface area (Å²) in [6.07, 6.45) is 64.0. The number of unbranched alkanes of at least 4 members (excludes halogenated alkanes) is 8. The third-order valence-electron chi connectivity index (χ3n) is 10.1. The number of allylic oxidation sites excluding steroid dienone is 20. The van der Waals surface area contributed by atoms with Gasteiger partial charge < -0.3 is 23.8 Å². The van der Waals surface area contributed by atoms with Crippen LogP contribution in [-0.2, 0) is 28.6 Å². The summed E-state index contributed by atoms with van der Waals surface area (Å²) in [5.41, 5.74) is 0. The number of nitrogens with zero attached hydrogens (tertiary/aromatic N) is 1. The van der Waals surface area contributed by atoms with E-state index in [2.05, 4.69) is 135 Å². The molecule has 8 nitrogen and oxygen atoms in total. The fourth-order valence-electron chi connectivity index (χ4n) is 6.39. The van der Waals surface area contributed by atoms with Gasteiger partial charge in [-0.25, -0.2) is 4.79 Å². The summed E-state index contributed by atoms with van der Waals surface area (Å²) in [7, 11) is 5.50. The van der Waals surface area contributed by atoms with Gasteiger partial charge in [-0.05, 0) is 96.3 Å². The average molecular weight is 889 g/mol.